The quantitative estimate of drug-likeness (QED) is 0.245. The molecule has 176 valence electrons. The molecule has 0 aliphatic rings. The monoisotopic (exact) mass is 479 g/mol. The molecule has 0 bridgehead atoms. The standard InChI is InChI=1S/C24H25N5O4S/c1-16-12-17(2)27-24(26-16)34-15-18-8-10-19(11-9-18)23(32)29-28-21(30)13-25-22(31)14-33-20-6-4-3-5-7-20/h3-12H,13-15H2,1-2H3,(H,25,31)(H,28,30)(H,29,32). The number of hydrogen-bond donors (Lipinski definition) is 3. The summed E-state index contributed by atoms with van der Waals surface area (Å²) in [6.07, 6.45) is 0. The number of nitrogens with one attached hydrogen (secondary N) is 3. The fourth-order valence-corrected chi connectivity index (χ4v) is 3.70. The molecule has 3 amide bonds. The van der Waals surface area contributed by atoms with E-state index in [4.69, 9.17) is 4.74 Å². The first-order valence-electron chi connectivity index (χ1n) is 10.5. The van der Waals surface area contributed by atoms with Crippen molar-refractivity contribution in [3.05, 3.63) is 83.2 Å². The average molecular weight is 480 g/mol. The fraction of sp³-hybridized carbons (Fsp3) is 0.208. The van der Waals surface area contributed by atoms with Gasteiger partial charge in [0, 0.05) is 22.7 Å². The number of nitrogens with zero attached hydrogens (tertiary/aromatic N) is 2. The van der Waals surface area contributed by atoms with Crippen LogP contribution in [0, 0.1) is 13.8 Å². The lowest BCUT2D eigenvalue weighted by atomic mass is 10.1. The van der Waals surface area contributed by atoms with Crippen LogP contribution in [0.1, 0.15) is 27.3 Å². The van der Waals surface area contributed by atoms with Crippen LogP contribution >= 0.6 is 11.8 Å². The van der Waals surface area contributed by atoms with E-state index in [-0.39, 0.29) is 13.2 Å². The Hall–Kier alpha value is -3.92. The number of hydrazine groups is 1. The zero-order valence-corrected chi connectivity index (χ0v) is 19.6. The van der Waals surface area contributed by atoms with E-state index in [9.17, 15) is 14.4 Å². The maximum Gasteiger partial charge on any atom is 0.269 e. The van der Waals surface area contributed by atoms with Gasteiger partial charge in [-0.25, -0.2) is 9.97 Å². The van der Waals surface area contributed by atoms with E-state index in [2.05, 4.69) is 26.1 Å². The molecule has 3 rings (SSSR count). The maximum atomic E-state index is 12.3. The number of benzene rings is 2. The topological polar surface area (TPSA) is 122 Å². The maximum absolute atomic E-state index is 12.3. The van der Waals surface area contributed by atoms with Crippen molar-refractivity contribution >= 4 is 29.5 Å². The summed E-state index contributed by atoms with van der Waals surface area (Å²) >= 11 is 1.52. The minimum atomic E-state index is -0.567. The van der Waals surface area contributed by atoms with Crippen LogP contribution in [-0.4, -0.2) is 40.8 Å². The molecule has 9 nitrogen and oxygen atoms in total. The smallest absolute Gasteiger partial charge is 0.269 e. The summed E-state index contributed by atoms with van der Waals surface area (Å²) in [4.78, 5) is 44.7. The molecule has 3 N–H and O–H groups in total. The summed E-state index contributed by atoms with van der Waals surface area (Å²) in [6, 6.07) is 17.8. The normalized spacial score (nSPS) is 10.3. The van der Waals surface area contributed by atoms with E-state index in [0.29, 0.717) is 22.2 Å². The summed E-state index contributed by atoms with van der Waals surface area (Å²) in [5.74, 6) is -0.274. The fourth-order valence-electron chi connectivity index (χ4n) is 2.80. The minimum absolute atomic E-state index is 0.218. The average Bonchev–Trinajstić information content (AvgIpc) is 2.84. The van der Waals surface area contributed by atoms with Crippen molar-refractivity contribution in [2.24, 2.45) is 0 Å². The number of aromatic nitrogens is 2. The number of ether oxygens (including phenoxy) is 1. The van der Waals surface area contributed by atoms with Crippen LogP contribution < -0.4 is 20.9 Å². The van der Waals surface area contributed by atoms with Crippen molar-refractivity contribution in [1.29, 1.82) is 0 Å². The summed E-state index contributed by atoms with van der Waals surface area (Å²) in [6.45, 7) is 3.34. The number of carbonyl (C=O) groups excluding carboxylic acids is 3. The van der Waals surface area contributed by atoms with Gasteiger partial charge in [-0.2, -0.15) is 0 Å². The molecule has 0 fully saturated rings. The van der Waals surface area contributed by atoms with Crippen LogP contribution in [0.2, 0.25) is 0 Å². The van der Waals surface area contributed by atoms with Crippen molar-refractivity contribution < 1.29 is 19.1 Å². The van der Waals surface area contributed by atoms with E-state index >= 15 is 0 Å². The summed E-state index contributed by atoms with van der Waals surface area (Å²) in [7, 11) is 0. The third-order valence-corrected chi connectivity index (χ3v) is 5.34. The van der Waals surface area contributed by atoms with Crippen LogP contribution in [0.4, 0.5) is 0 Å². The lowest BCUT2D eigenvalue weighted by Gasteiger charge is -2.09. The van der Waals surface area contributed by atoms with Gasteiger partial charge in [-0.15, -0.1) is 0 Å². The van der Waals surface area contributed by atoms with Crippen molar-refractivity contribution in [1.82, 2.24) is 26.1 Å². The van der Waals surface area contributed by atoms with Gasteiger partial charge in [0.2, 0.25) is 0 Å². The van der Waals surface area contributed by atoms with E-state index < -0.39 is 17.7 Å². The molecule has 1 heterocycles. The van der Waals surface area contributed by atoms with Gasteiger partial charge < -0.3 is 10.1 Å². The highest BCUT2D eigenvalue weighted by Gasteiger charge is 2.10. The zero-order valence-electron chi connectivity index (χ0n) is 18.8. The van der Waals surface area contributed by atoms with Crippen LogP contribution in [-0.2, 0) is 15.3 Å². The summed E-state index contributed by atoms with van der Waals surface area (Å²) in [5.41, 5.74) is 7.83. The predicted molar refractivity (Wildman–Crippen MR) is 128 cm³/mol. The largest absolute Gasteiger partial charge is 0.484 e. The molecular formula is C24H25N5O4S. The number of amides is 3. The first-order chi connectivity index (χ1) is 16.4. The number of carbonyl (C=O) groups is 3. The second kappa shape index (κ2) is 12.4. The lowest BCUT2D eigenvalue weighted by Crippen LogP contribution is -2.46. The van der Waals surface area contributed by atoms with Gasteiger partial charge >= 0.3 is 0 Å². The van der Waals surface area contributed by atoms with Gasteiger partial charge in [-0.3, -0.25) is 25.2 Å². The first kappa shape index (κ1) is 24.7. The molecule has 0 radical (unpaired) electrons. The molecule has 0 aliphatic heterocycles. The van der Waals surface area contributed by atoms with Gasteiger partial charge in [0.15, 0.2) is 11.8 Å². The Bertz CT molecular complexity index is 1120. The molecule has 10 heteroatoms. The third kappa shape index (κ3) is 8.21. The second-order valence-electron chi connectivity index (χ2n) is 7.30. The van der Waals surface area contributed by atoms with Crippen LogP contribution in [0.3, 0.4) is 0 Å². The van der Waals surface area contributed by atoms with E-state index in [1.165, 1.54) is 11.8 Å². The molecule has 0 aliphatic carbocycles. The van der Waals surface area contributed by atoms with Gasteiger partial charge in [-0.1, -0.05) is 42.1 Å². The molecule has 0 saturated heterocycles. The highest BCUT2D eigenvalue weighted by Crippen LogP contribution is 2.20. The Kier molecular flexibility index (Phi) is 8.98. The van der Waals surface area contributed by atoms with Crippen LogP contribution in [0.15, 0.2) is 65.8 Å². The van der Waals surface area contributed by atoms with Gasteiger partial charge in [0.1, 0.15) is 5.75 Å². The molecule has 34 heavy (non-hydrogen) atoms. The van der Waals surface area contributed by atoms with Gasteiger partial charge in [0.25, 0.3) is 17.7 Å². The molecule has 0 atom stereocenters. The molecular weight excluding hydrogens is 454 g/mol. The molecule has 3 aromatic rings. The Morgan fingerprint density at radius 3 is 2.24 bits per heavy atom. The molecule has 0 unspecified atom stereocenters. The Morgan fingerprint density at radius 1 is 0.882 bits per heavy atom. The molecule has 0 spiro atoms. The summed E-state index contributed by atoms with van der Waals surface area (Å²) in [5, 5.41) is 3.13. The van der Waals surface area contributed by atoms with Crippen molar-refractivity contribution in [3.8, 4) is 5.75 Å². The SMILES string of the molecule is Cc1cc(C)nc(SCc2ccc(C(=O)NNC(=O)CNC(=O)COc3ccccc3)cc2)n1. The van der Waals surface area contributed by atoms with E-state index in [1.54, 1.807) is 36.4 Å². The Balaban J connectivity index is 1.36. The predicted octanol–water partition coefficient (Wildman–Crippen LogP) is 2.34. The van der Waals surface area contributed by atoms with Crippen LogP contribution in [0.25, 0.3) is 0 Å². The van der Waals surface area contributed by atoms with Crippen LogP contribution in [0.5, 0.6) is 5.75 Å². The number of hydrogen-bond acceptors (Lipinski definition) is 7. The Morgan fingerprint density at radius 2 is 1.56 bits per heavy atom. The summed E-state index contributed by atoms with van der Waals surface area (Å²) < 4.78 is 5.30. The number of aryl methyl sites for hydroxylation is 2. The highest BCUT2D eigenvalue weighted by atomic mass is 32.2. The lowest BCUT2D eigenvalue weighted by molar-refractivity contribution is -0.127. The molecule has 0 saturated carbocycles. The molecule has 2 aromatic carbocycles. The highest BCUT2D eigenvalue weighted by molar-refractivity contribution is 7.98. The second-order valence-corrected chi connectivity index (χ2v) is 8.24. The Labute approximate surface area is 201 Å². The number of para-hydroxylation sites is 1. The number of thioether (sulfide) groups is 1. The molecule has 1 aromatic heterocycles. The third-order valence-electron chi connectivity index (χ3n) is 4.42. The van der Waals surface area contributed by atoms with E-state index in [1.807, 2.05) is 38.1 Å². The van der Waals surface area contributed by atoms with Crippen molar-refractivity contribution in [3.63, 3.8) is 0 Å². The van der Waals surface area contributed by atoms with Gasteiger partial charge in [0.05, 0.1) is 6.54 Å². The zero-order chi connectivity index (χ0) is 24.3. The van der Waals surface area contributed by atoms with Crippen molar-refractivity contribution in [2.45, 2.75) is 24.8 Å². The number of rotatable bonds is 9. The first-order valence-corrected chi connectivity index (χ1v) is 11.5. The minimum Gasteiger partial charge on any atom is -0.484 e. The van der Waals surface area contributed by atoms with Crippen molar-refractivity contribution in [2.75, 3.05) is 13.2 Å². The van der Waals surface area contributed by atoms with Gasteiger partial charge in [-0.05, 0) is 49.7 Å². The van der Waals surface area contributed by atoms with E-state index in [0.717, 1.165) is 17.0 Å².